The van der Waals surface area contributed by atoms with Crippen molar-refractivity contribution in [2.24, 2.45) is 5.41 Å². The van der Waals surface area contributed by atoms with E-state index in [1.807, 2.05) is 30.3 Å². The minimum absolute atomic E-state index is 0.0173. The number of hydrogen-bond acceptors (Lipinski definition) is 4. The van der Waals surface area contributed by atoms with E-state index in [2.05, 4.69) is 10.0 Å². The summed E-state index contributed by atoms with van der Waals surface area (Å²) in [5, 5.41) is 2.75. The fourth-order valence-electron chi connectivity index (χ4n) is 1.85. The highest BCUT2D eigenvalue weighted by atomic mass is 32.2. The molecule has 1 aromatic carbocycles. The summed E-state index contributed by atoms with van der Waals surface area (Å²) in [5.74, 6) is 0.486. The summed E-state index contributed by atoms with van der Waals surface area (Å²) in [6, 6.07) is 9.53. The van der Waals surface area contributed by atoms with Crippen LogP contribution >= 0.6 is 0 Å². The molecular formula is C14H20N2O4S. The van der Waals surface area contributed by atoms with Gasteiger partial charge in [-0.2, -0.15) is 0 Å². The van der Waals surface area contributed by atoms with Crippen LogP contribution in [0.15, 0.2) is 30.3 Å². The molecule has 0 atom stereocenters. The quantitative estimate of drug-likeness (QED) is 0.732. The van der Waals surface area contributed by atoms with E-state index in [0.717, 1.165) is 24.8 Å². The zero-order valence-corrected chi connectivity index (χ0v) is 12.8. The number of amides is 1. The van der Waals surface area contributed by atoms with Crippen LogP contribution in [0.5, 0.6) is 5.75 Å². The summed E-state index contributed by atoms with van der Waals surface area (Å²) < 4.78 is 29.7. The lowest BCUT2D eigenvalue weighted by Gasteiger charge is -2.17. The van der Waals surface area contributed by atoms with Crippen LogP contribution in [0.25, 0.3) is 0 Å². The summed E-state index contributed by atoms with van der Waals surface area (Å²) in [7, 11) is -3.34. The Morgan fingerprint density at radius 3 is 2.52 bits per heavy atom. The lowest BCUT2D eigenvalue weighted by molar-refractivity contribution is -0.120. The third-order valence-electron chi connectivity index (χ3n) is 3.40. The first kappa shape index (κ1) is 15.8. The Morgan fingerprint density at radius 1 is 1.29 bits per heavy atom. The van der Waals surface area contributed by atoms with E-state index in [-0.39, 0.29) is 17.9 Å². The maximum atomic E-state index is 11.6. The van der Waals surface area contributed by atoms with Crippen molar-refractivity contribution in [3.63, 3.8) is 0 Å². The predicted molar refractivity (Wildman–Crippen MR) is 79.5 cm³/mol. The van der Waals surface area contributed by atoms with Gasteiger partial charge in [-0.15, -0.1) is 0 Å². The van der Waals surface area contributed by atoms with Gasteiger partial charge in [-0.05, 0) is 25.0 Å². The molecule has 1 amide bonds. The Labute approximate surface area is 124 Å². The molecule has 0 bridgehead atoms. The van der Waals surface area contributed by atoms with Gasteiger partial charge in [0.1, 0.15) is 5.75 Å². The van der Waals surface area contributed by atoms with Crippen LogP contribution < -0.4 is 14.8 Å². The molecule has 1 fully saturated rings. The van der Waals surface area contributed by atoms with E-state index in [9.17, 15) is 13.2 Å². The third kappa shape index (κ3) is 5.73. The van der Waals surface area contributed by atoms with Gasteiger partial charge >= 0.3 is 0 Å². The van der Waals surface area contributed by atoms with Crippen LogP contribution in [0.3, 0.4) is 0 Å². The normalized spacial score (nSPS) is 16.2. The van der Waals surface area contributed by atoms with E-state index in [0.29, 0.717) is 13.2 Å². The Kier molecular flexibility index (Phi) is 4.84. The molecule has 0 unspecified atom stereocenters. The lowest BCUT2D eigenvalue weighted by atomic mass is 10.1. The van der Waals surface area contributed by atoms with Crippen molar-refractivity contribution in [3.05, 3.63) is 30.3 Å². The standard InChI is InChI=1S/C14H20N2O4S/c1-21(18,19)16-9-13(17)15-10-14(7-8-14)11-20-12-5-3-2-4-6-12/h2-6,16H,7-11H2,1H3,(H,15,17). The van der Waals surface area contributed by atoms with Gasteiger partial charge in [0.25, 0.3) is 0 Å². The molecule has 0 radical (unpaired) electrons. The van der Waals surface area contributed by atoms with Gasteiger partial charge in [0, 0.05) is 12.0 Å². The molecule has 2 rings (SSSR count). The Morgan fingerprint density at radius 2 is 1.95 bits per heavy atom. The Hall–Kier alpha value is -1.60. The van der Waals surface area contributed by atoms with Crippen LogP contribution in [0.4, 0.5) is 0 Å². The number of rotatable bonds is 8. The molecule has 0 aromatic heterocycles. The van der Waals surface area contributed by atoms with Gasteiger partial charge in [-0.25, -0.2) is 13.1 Å². The molecule has 6 nitrogen and oxygen atoms in total. The van der Waals surface area contributed by atoms with Crippen LogP contribution in [-0.4, -0.2) is 40.3 Å². The molecule has 1 saturated carbocycles. The van der Waals surface area contributed by atoms with Gasteiger partial charge < -0.3 is 10.1 Å². The summed E-state index contributed by atoms with van der Waals surface area (Å²) in [6.07, 6.45) is 3.02. The SMILES string of the molecule is CS(=O)(=O)NCC(=O)NCC1(COc2ccccc2)CC1. The van der Waals surface area contributed by atoms with Crippen molar-refractivity contribution in [2.75, 3.05) is 26.0 Å². The van der Waals surface area contributed by atoms with Gasteiger partial charge in [-0.1, -0.05) is 18.2 Å². The highest BCUT2D eigenvalue weighted by molar-refractivity contribution is 7.88. The lowest BCUT2D eigenvalue weighted by Crippen LogP contribution is -2.40. The largest absolute Gasteiger partial charge is 0.493 e. The maximum absolute atomic E-state index is 11.6. The zero-order valence-electron chi connectivity index (χ0n) is 12.0. The van der Waals surface area contributed by atoms with Crippen molar-refractivity contribution < 1.29 is 17.9 Å². The number of sulfonamides is 1. The van der Waals surface area contributed by atoms with Crippen molar-refractivity contribution in [3.8, 4) is 5.75 Å². The van der Waals surface area contributed by atoms with Crippen molar-refractivity contribution in [1.29, 1.82) is 0 Å². The van der Waals surface area contributed by atoms with Crippen molar-refractivity contribution >= 4 is 15.9 Å². The van der Waals surface area contributed by atoms with Gasteiger partial charge in [0.2, 0.25) is 15.9 Å². The molecule has 0 heterocycles. The maximum Gasteiger partial charge on any atom is 0.235 e. The first-order valence-electron chi connectivity index (χ1n) is 6.78. The molecule has 0 spiro atoms. The number of carbonyl (C=O) groups is 1. The first-order chi connectivity index (χ1) is 9.89. The molecule has 0 saturated heterocycles. The van der Waals surface area contributed by atoms with E-state index in [4.69, 9.17) is 4.74 Å². The fraction of sp³-hybridized carbons (Fsp3) is 0.500. The fourth-order valence-corrected chi connectivity index (χ4v) is 2.24. The minimum Gasteiger partial charge on any atom is -0.493 e. The molecule has 1 aliphatic carbocycles. The number of carbonyl (C=O) groups excluding carboxylic acids is 1. The average Bonchev–Trinajstić information content (AvgIpc) is 3.22. The second-order valence-electron chi connectivity index (χ2n) is 5.47. The highest BCUT2D eigenvalue weighted by Crippen LogP contribution is 2.45. The van der Waals surface area contributed by atoms with Crippen LogP contribution in [0.2, 0.25) is 0 Å². The van der Waals surface area contributed by atoms with Crippen LogP contribution in [0.1, 0.15) is 12.8 Å². The van der Waals surface area contributed by atoms with Crippen LogP contribution in [-0.2, 0) is 14.8 Å². The molecule has 0 aliphatic heterocycles. The molecule has 21 heavy (non-hydrogen) atoms. The molecular weight excluding hydrogens is 292 g/mol. The minimum atomic E-state index is -3.34. The number of para-hydroxylation sites is 1. The molecule has 116 valence electrons. The van der Waals surface area contributed by atoms with Gasteiger partial charge in [0.15, 0.2) is 0 Å². The van der Waals surface area contributed by atoms with Crippen molar-refractivity contribution in [2.45, 2.75) is 12.8 Å². The summed E-state index contributed by atoms with van der Waals surface area (Å²) in [4.78, 5) is 11.6. The number of benzene rings is 1. The third-order valence-corrected chi connectivity index (χ3v) is 4.07. The van der Waals surface area contributed by atoms with E-state index >= 15 is 0 Å². The topological polar surface area (TPSA) is 84.5 Å². The van der Waals surface area contributed by atoms with Crippen molar-refractivity contribution in [1.82, 2.24) is 10.0 Å². The average molecular weight is 312 g/mol. The smallest absolute Gasteiger partial charge is 0.235 e. The number of ether oxygens (including phenoxy) is 1. The summed E-state index contributed by atoms with van der Waals surface area (Å²) >= 11 is 0. The summed E-state index contributed by atoms with van der Waals surface area (Å²) in [5.41, 5.74) is -0.0173. The zero-order chi connectivity index (χ0) is 15.3. The second kappa shape index (κ2) is 6.44. The van der Waals surface area contributed by atoms with Crippen LogP contribution in [0, 0.1) is 5.41 Å². The predicted octanol–water partition coefficient (Wildman–Crippen LogP) is 0.511. The van der Waals surface area contributed by atoms with E-state index in [1.54, 1.807) is 0 Å². The number of hydrogen-bond donors (Lipinski definition) is 2. The molecule has 7 heteroatoms. The summed E-state index contributed by atoms with van der Waals surface area (Å²) in [6.45, 7) is 0.829. The molecule has 1 aromatic rings. The first-order valence-corrected chi connectivity index (χ1v) is 8.67. The monoisotopic (exact) mass is 312 g/mol. The molecule has 1 aliphatic rings. The highest BCUT2D eigenvalue weighted by Gasteiger charge is 2.43. The molecule has 2 N–H and O–H groups in total. The second-order valence-corrected chi connectivity index (χ2v) is 7.30. The Balaban J connectivity index is 1.71. The van der Waals surface area contributed by atoms with Gasteiger partial charge in [-0.3, -0.25) is 4.79 Å². The van der Waals surface area contributed by atoms with Gasteiger partial charge in [0.05, 0.1) is 19.4 Å². The van der Waals surface area contributed by atoms with E-state index in [1.165, 1.54) is 0 Å². The number of nitrogens with one attached hydrogen (secondary N) is 2. The Bertz CT molecular complexity index is 582. The van der Waals surface area contributed by atoms with E-state index < -0.39 is 10.0 Å².